The molecule has 0 saturated carbocycles. The van der Waals surface area contributed by atoms with E-state index in [1.165, 1.54) is 18.2 Å². The molecule has 0 bridgehead atoms. The van der Waals surface area contributed by atoms with E-state index < -0.39 is 5.82 Å². The Morgan fingerprint density at radius 2 is 1.92 bits per heavy atom. The van der Waals surface area contributed by atoms with Crippen LogP contribution in [-0.4, -0.2) is 24.5 Å². The lowest BCUT2D eigenvalue weighted by molar-refractivity contribution is 0.0925. The summed E-state index contributed by atoms with van der Waals surface area (Å²) in [6, 6.07) is 9.13. The number of hydrogen-bond donors (Lipinski definition) is 2. The minimum absolute atomic E-state index is 0.103. The van der Waals surface area contributed by atoms with Crippen molar-refractivity contribution >= 4 is 5.91 Å². The molecule has 1 heterocycles. The fourth-order valence-electron chi connectivity index (χ4n) is 3.34. The number of carbonyl (C=O) groups is 1. The maximum Gasteiger partial charge on any atom is 0.251 e. The third kappa shape index (κ3) is 4.04. The second-order valence-corrected chi connectivity index (χ2v) is 6.70. The third-order valence-corrected chi connectivity index (χ3v) is 4.67. The summed E-state index contributed by atoms with van der Waals surface area (Å²) < 4.78 is 27.8. The summed E-state index contributed by atoms with van der Waals surface area (Å²) in [5, 5.41) is 6.31. The summed E-state index contributed by atoms with van der Waals surface area (Å²) in [5.74, 6) is -1.10. The van der Waals surface area contributed by atoms with Crippen LogP contribution in [-0.2, 0) is 0 Å². The van der Waals surface area contributed by atoms with Gasteiger partial charge in [-0.25, -0.2) is 8.78 Å². The van der Waals surface area contributed by atoms with E-state index in [1.807, 2.05) is 0 Å². The highest BCUT2D eigenvalue weighted by Gasteiger charge is 2.21. The Hall–Kier alpha value is -2.27. The van der Waals surface area contributed by atoms with Gasteiger partial charge in [-0.1, -0.05) is 12.1 Å². The number of nitrogens with one attached hydrogen (secondary N) is 2. The normalized spacial score (nSPS) is 20.3. The summed E-state index contributed by atoms with van der Waals surface area (Å²) in [4.78, 5) is 12.4. The lowest BCUT2D eigenvalue weighted by Gasteiger charge is -2.28. The van der Waals surface area contributed by atoms with Crippen LogP contribution >= 0.6 is 0 Å². The van der Waals surface area contributed by atoms with Crippen molar-refractivity contribution in [3.05, 3.63) is 59.2 Å². The van der Waals surface area contributed by atoms with Crippen molar-refractivity contribution in [3.63, 3.8) is 0 Å². The van der Waals surface area contributed by atoms with Crippen LogP contribution in [0.3, 0.4) is 0 Å². The molecule has 2 aromatic carbocycles. The third-order valence-electron chi connectivity index (χ3n) is 4.67. The number of halogens is 2. The van der Waals surface area contributed by atoms with Gasteiger partial charge >= 0.3 is 0 Å². The topological polar surface area (TPSA) is 41.1 Å². The van der Waals surface area contributed by atoms with E-state index in [1.54, 1.807) is 25.1 Å². The standard InChI is InChI=1S/C20H22F2N2O/c1-12-9-15(21)4-6-17(12)18-5-3-14(11-19(18)22)20(25)24-16-7-8-23-13(2)10-16/h3-6,9,11,13,16,23H,7-8,10H2,1-2H3,(H,24,25). The predicted molar refractivity (Wildman–Crippen MR) is 94.5 cm³/mol. The van der Waals surface area contributed by atoms with Gasteiger partial charge in [0.05, 0.1) is 0 Å². The Morgan fingerprint density at radius 3 is 2.60 bits per heavy atom. The lowest BCUT2D eigenvalue weighted by Crippen LogP contribution is -2.46. The van der Waals surface area contributed by atoms with Crippen LogP contribution in [0.15, 0.2) is 36.4 Å². The molecule has 0 radical (unpaired) electrons. The van der Waals surface area contributed by atoms with Crippen LogP contribution < -0.4 is 10.6 Å². The fraction of sp³-hybridized carbons (Fsp3) is 0.350. The van der Waals surface area contributed by atoms with Crippen molar-refractivity contribution in [2.24, 2.45) is 0 Å². The van der Waals surface area contributed by atoms with Crippen molar-refractivity contribution in [3.8, 4) is 11.1 Å². The molecule has 0 aromatic heterocycles. The van der Waals surface area contributed by atoms with E-state index in [9.17, 15) is 13.6 Å². The Labute approximate surface area is 146 Å². The number of hydrogen-bond acceptors (Lipinski definition) is 2. The molecule has 2 unspecified atom stereocenters. The van der Waals surface area contributed by atoms with Gasteiger partial charge in [0, 0.05) is 23.2 Å². The molecule has 3 rings (SSSR count). The summed E-state index contributed by atoms with van der Waals surface area (Å²) in [7, 11) is 0. The second kappa shape index (κ2) is 7.31. The average Bonchev–Trinajstić information content (AvgIpc) is 2.55. The van der Waals surface area contributed by atoms with Gasteiger partial charge in [0.2, 0.25) is 0 Å². The van der Waals surface area contributed by atoms with Crippen LogP contribution in [0.2, 0.25) is 0 Å². The van der Waals surface area contributed by atoms with Gasteiger partial charge in [0.25, 0.3) is 5.91 Å². The van der Waals surface area contributed by atoms with E-state index in [-0.39, 0.29) is 17.8 Å². The molecule has 1 aliphatic heterocycles. The molecule has 5 heteroatoms. The lowest BCUT2D eigenvalue weighted by atomic mass is 9.98. The van der Waals surface area contributed by atoms with Crippen LogP contribution in [0, 0.1) is 18.6 Å². The number of rotatable bonds is 3. The molecule has 1 saturated heterocycles. The minimum Gasteiger partial charge on any atom is -0.349 e. The van der Waals surface area contributed by atoms with Gasteiger partial charge in [-0.05, 0) is 68.6 Å². The molecule has 2 atom stereocenters. The number of piperidine rings is 1. The van der Waals surface area contributed by atoms with Crippen molar-refractivity contribution in [1.82, 2.24) is 10.6 Å². The van der Waals surface area contributed by atoms with Crippen molar-refractivity contribution < 1.29 is 13.6 Å². The molecule has 3 nitrogen and oxygen atoms in total. The quantitative estimate of drug-likeness (QED) is 0.889. The fourth-order valence-corrected chi connectivity index (χ4v) is 3.34. The molecule has 25 heavy (non-hydrogen) atoms. The van der Waals surface area contributed by atoms with Crippen LogP contribution in [0.1, 0.15) is 35.7 Å². The highest BCUT2D eigenvalue weighted by atomic mass is 19.1. The SMILES string of the molecule is Cc1cc(F)ccc1-c1ccc(C(=O)NC2CCNC(C)C2)cc1F. The van der Waals surface area contributed by atoms with Gasteiger partial charge in [-0.2, -0.15) is 0 Å². The minimum atomic E-state index is -0.485. The zero-order chi connectivity index (χ0) is 18.0. The zero-order valence-corrected chi connectivity index (χ0v) is 14.4. The van der Waals surface area contributed by atoms with Gasteiger partial charge in [0.15, 0.2) is 0 Å². The van der Waals surface area contributed by atoms with Gasteiger partial charge in [0.1, 0.15) is 11.6 Å². The Morgan fingerprint density at radius 1 is 1.16 bits per heavy atom. The molecular weight excluding hydrogens is 322 g/mol. The van der Waals surface area contributed by atoms with Gasteiger partial charge in [-0.3, -0.25) is 4.79 Å². The first kappa shape index (κ1) is 17.5. The van der Waals surface area contributed by atoms with Crippen molar-refractivity contribution in [1.29, 1.82) is 0 Å². The zero-order valence-electron chi connectivity index (χ0n) is 14.4. The van der Waals surface area contributed by atoms with E-state index in [0.29, 0.717) is 28.3 Å². The van der Waals surface area contributed by atoms with E-state index in [0.717, 1.165) is 19.4 Å². The molecule has 0 aliphatic carbocycles. The maximum atomic E-state index is 14.5. The first-order valence-corrected chi connectivity index (χ1v) is 8.54. The summed E-state index contributed by atoms with van der Waals surface area (Å²) in [6.45, 7) is 4.68. The summed E-state index contributed by atoms with van der Waals surface area (Å²) >= 11 is 0. The highest BCUT2D eigenvalue weighted by molar-refractivity contribution is 5.95. The first-order valence-electron chi connectivity index (χ1n) is 8.54. The number of aryl methyl sites for hydroxylation is 1. The second-order valence-electron chi connectivity index (χ2n) is 6.70. The summed E-state index contributed by atoms with van der Waals surface area (Å²) in [6.07, 6.45) is 1.73. The Balaban J connectivity index is 1.78. The van der Waals surface area contributed by atoms with E-state index >= 15 is 0 Å². The monoisotopic (exact) mass is 344 g/mol. The van der Waals surface area contributed by atoms with Crippen LogP contribution in [0.4, 0.5) is 8.78 Å². The molecule has 2 aromatic rings. The molecule has 2 N–H and O–H groups in total. The Bertz CT molecular complexity index is 791. The Kier molecular flexibility index (Phi) is 5.13. The smallest absolute Gasteiger partial charge is 0.251 e. The molecule has 1 aliphatic rings. The van der Waals surface area contributed by atoms with E-state index in [2.05, 4.69) is 17.6 Å². The number of carbonyl (C=O) groups excluding carboxylic acids is 1. The van der Waals surface area contributed by atoms with Crippen molar-refractivity contribution in [2.75, 3.05) is 6.54 Å². The number of benzene rings is 2. The molecule has 0 spiro atoms. The summed E-state index contributed by atoms with van der Waals surface area (Å²) in [5.41, 5.74) is 1.94. The van der Waals surface area contributed by atoms with Crippen LogP contribution in [0.25, 0.3) is 11.1 Å². The molecule has 132 valence electrons. The average molecular weight is 344 g/mol. The van der Waals surface area contributed by atoms with E-state index in [4.69, 9.17) is 0 Å². The van der Waals surface area contributed by atoms with Gasteiger partial charge in [-0.15, -0.1) is 0 Å². The highest BCUT2D eigenvalue weighted by Crippen LogP contribution is 2.27. The van der Waals surface area contributed by atoms with Crippen molar-refractivity contribution in [2.45, 2.75) is 38.8 Å². The predicted octanol–water partition coefficient (Wildman–Crippen LogP) is 3.81. The first-order chi connectivity index (χ1) is 11.9. The molecular formula is C20H22F2N2O. The molecule has 1 fully saturated rings. The largest absolute Gasteiger partial charge is 0.349 e. The maximum absolute atomic E-state index is 14.5. The van der Waals surface area contributed by atoms with Gasteiger partial charge < -0.3 is 10.6 Å². The number of amides is 1. The van der Waals surface area contributed by atoms with Crippen LogP contribution in [0.5, 0.6) is 0 Å². The molecule has 1 amide bonds.